The summed E-state index contributed by atoms with van der Waals surface area (Å²) in [6, 6.07) is 15.6. The van der Waals surface area contributed by atoms with E-state index in [1.165, 1.54) is 18.3 Å². The molecule has 3 aromatic rings. The third-order valence-electron chi connectivity index (χ3n) is 4.69. The van der Waals surface area contributed by atoms with Crippen molar-refractivity contribution in [1.82, 2.24) is 4.98 Å². The Bertz CT molecular complexity index is 933. The van der Waals surface area contributed by atoms with Gasteiger partial charge in [-0.05, 0) is 39.9 Å². The summed E-state index contributed by atoms with van der Waals surface area (Å²) in [6.45, 7) is 0. The maximum Gasteiger partial charge on any atom is 0.401 e. The van der Waals surface area contributed by atoms with Crippen LogP contribution in [0.2, 0.25) is 0 Å². The van der Waals surface area contributed by atoms with Crippen molar-refractivity contribution in [2.45, 2.75) is 18.5 Å². The number of hydrogen-bond donors (Lipinski definition) is 1. The fourth-order valence-corrected chi connectivity index (χ4v) is 3.56. The smallest absolute Gasteiger partial charge is 0.398 e. The van der Waals surface area contributed by atoms with Crippen LogP contribution in [0.5, 0.6) is 0 Å². The molecule has 2 nitrogen and oxygen atoms in total. The Kier molecular flexibility index (Phi) is 3.53. The van der Waals surface area contributed by atoms with Crippen molar-refractivity contribution in [3.63, 3.8) is 0 Å². The molecule has 0 bridgehead atoms. The van der Waals surface area contributed by atoms with Crippen LogP contribution in [0, 0.1) is 0 Å². The molecule has 0 fully saturated rings. The van der Waals surface area contributed by atoms with Gasteiger partial charge < -0.3 is 5.73 Å². The Morgan fingerprint density at radius 1 is 0.920 bits per heavy atom. The van der Waals surface area contributed by atoms with E-state index in [0.29, 0.717) is 6.42 Å². The molecule has 126 valence electrons. The average Bonchev–Trinajstić information content (AvgIpc) is 2.97. The average molecular weight is 340 g/mol. The van der Waals surface area contributed by atoms with Gasteiger partial charge in [0.05, 0.1) is 5.69 Å². The van der Waals surface area contributed by atoms with E-state index in [1.54, 1.807) is 18.2 Å². The molecule has 0 radical (unpaired) electrons. The van der Waals surface area contributed by atoms with Crippen molar-refractivity contribution in [1.29, 1.82) is 0 Å². The van der Waals surface area contributed by atoms with Gasteiger partial charge in [0, 0.05) is 18.3 Å². The normalized spacial score (nSPS) is 14.0. The fraction of sp³-hybridized carbons (Fsp3) is 0.150. The van der Waals surface area contributed by atoms with Gasteiger partial charge in [0.2, 0.25) is 0 Å². The first-order chi connectivity index (χ1) is 12.0. The van der Waals surface area contributed by atoms with Crippen LogP contribution in [0.25, 0.3) is 11.1 Å². The van der Waals surface area contributed by atoms with E-state index in [9.17, 15) is 13.2 Å². The molecule has 0 aliphatic heterocycles. The largest absolute Gasteiger partial charge is 0.401 e. The third-order valence-corrected chi connectivity index (χ3v) is 4.69. The van der Waals surface area contributed by atoms with Crippen molar-refractivity contribution in [2.24, 2.45) is 0 Å². The molecule has 1 atom stereocenters. The minimum atomic E-state index is -4.47. The molecule has 1 aromatic heterocycles. The molecule has 1 aliphatic carbocycles. The molecule has 1 aliphatic rings. The van der Waals surface area contributed by atoms with Gasteiger partial charge in [-0.25, -0.2) is 0 Å². The van der Waals surface area contributed by atoms with Crippen LogP contribution in [-0.4, -0.2) is 11.2 Å². The minimum Gasteiger partial charge on any atom is -0.398 e. The second kappa shape index (κ2) is 5.62. The highest BCUT2D eigenvalue weighted by Gasteiger charge is 2.44. The lowest BCUT2D eigenvalue weighted by Gasteiger charge is -2.23. The second-order valence-electron chi connectivity index (χ2n) is 6.16. The van der Waals surface area contributed by atoms with Gasteiger partial charge in [0.25, 0.3) is 0 Å². The molecular weight excluding hydrogens is 325 g/mol. The quantitative estimate of drug-likeness (QED) is 0.526. The Morgan fingerprint density at radius 2 is 1.68 bits per heavy atom. The number of fused-ring (bicyclic) bond motifs is 3. The second-order valence-corrected chi connectivity index (χ2v) is 6.16. The number of halogens is 3. The summed E-state index contributed by atoms with van der Waals surface area (Å²) in [7, 11) is 0. The molecule has 1 heterocycles. The lowest BCUT2D eigenvalue weighted by molar-refractivity contribution is -0.141. The number of nitrogens with zero attached hydrogens (tertiary/aromatic N) is 1. The summed E-state index contributed by atoms with van der Waals surface area (Å²) in [5.74, 6) is -1.83. The summed E-state index contributed by atoms with van der Waals surface area (Å²) in [5, 5.41) is 0. The third kappa shape index (κ3) is 2.56. The van der Waals surface area contributed by atoms with Gasteiger partial charge in [-0.3, -0.25) is 4.98 Å². The highest BCUT2D eigenvalue weighted by Crippen LogP contribution is 2.46. The monoisotopic (exact) mass is 340 g/mol. The predicted octanol–water partition coefficient (Wildman–Crippen LogP) is 4.93. The number of alkyl halides is 3. The Labute approximate surface area is 143 Å². The number of pyridine rings is 1. The molecule has 0 spiro atoms. The number of nitrogens with two attached hydrogens (primary N) is 1. The lowest BCUT2D eigenvalue weighted by Crippen LogP contribution is -2.24. The van der Waals surface area contributed by atoms with Gasteiger partial charge in [-0.1, -0.05) is 42.5 Å². The maximum absolute atomic E-state index is 13.8. The summed E-state index contributed by atoms with van der Waals surface area (Å²) in [4.78, 5) is 3.92. The van der Waals surface area contributed by atoms with Crippen LogP contribution in [0.4, 0.5) is 18.9 Å². The van der Waals surface area contributed by atoms with Crippen LogP contribution < -0.4 is 5.73 Å². The van der Waals surface area contributed by atoms with E-state index in [1.807, 2.05) is 24.3 Å². The number of aromatic nitrogens is 1. The maximum atomic E-state index is 13.8. The van der Waals surface area contributed by atoms with Crippen molar-refractivity contribution >= 4 is 5.69 Å². The molecule has 4 rings (SSSR count). The molecule has 5 heteroatoms. The van der Waals surface area contributed by atoms with Crippen LogP contribution in [0.15, 0.2) is 60.8 Å². The van der Waals surface area contributed by atoms with Crippen LogP contribution in [0.3, 0.4) is 0 Å². The zero-order chi connectivity index (χ0) is 17.6. The van der Waals surface area contributed by atoms with Crippen LogP contribution in [0.1, 0.15) is 28.3 Å². The summed E-state index contributed by atoms with van der Waals surface area (Å²) < 4.78 is 41.4. The molecule has 25 heavy (non-hydrogen) atoms. The highest BCUT2D eigenvalue weighted by molar-refractivity contribution is 5.83. The first kappa shape index (κ1) is 15.7. The zero-order valence-corrected chi connectivity index (χ0v) is 13.2. The van der Waals surface area contributed by atoms with Crippen molar-refractivity contribution < 1.29 is 13.2 Å². The number of benzene rings is 2. The van der Waals surface area contributed by atoms with E-state index in [-0.39, 0.29) is 16.9 Å². The molecular formula is C20H15F3N2. The van der Waals surface area contributed by atoms with E-state index >= 15 is 0 Å². The van der Waals surface area contributed by atoms with Gasteiger partial charge in [0.15, 0.2) is 0 Å². The molecule has 2 aromatic carbocycles. The number of nitrogen functional groups attached to an aromatic ring is 1. The summed E-state index contributed by atoms with van der Waals surface area (Å²) in [5.41, 5.74) is 10.3. The number of hydrogen-bond acceptors (Lipinski definition) is 2. The van der Waals surface area contributed by atoms with Crippen LogP contribution >= 0.6 is 0 Å². The minimum absolute atomic E-state index is 0.0443. The van der Waals surface area contributed by atoms with Crippen LogP contribution in [-0.2, 0) is 6.42 Å². The molecule has 2 N–H and O–H groups in total. The van der Waals surface area contributed by atoms with Gasteiger partial charge >= 0.3 is 6.18 Å². The number of rotatable bonds is 2. The van der Waals surface area contributed by atoms with Crippen molar-refractivity contribution in [2.75, 3.05) is 5.73 Å². The standard InChI is InChI=1S/C20H15F3N2/c21-20(22,23)18(17-7-3-4-10-25-17)15-9-8-14-13-6-2-1-5-12(13)11-16(14)19(15)24/h1-10,18H,11,24H2. The van der Waals surface area contributed by atoms with Gasteiger partial charge in [0.1, 0.15) is 5.92 Å². The Morgan fingerprint density at radius 3 is 2.40 bits per heavy atom. The van der Waals surface area contributed by atoms with Crippen molar-refractivity contribution in [3.8, 4) is 11.1 Å². The topological polar surface area (TPSA) is 38.9 Å². The van der Waals surface area contributed by atoms with Gasteiger partial charge in [-0.15, -0.1) is 0 Å². The first-order valence-corrected chi connectivity index (χ1v) is 7.94. The molecule has 1 unspecified atom stereocenters. The van der Waals surface area contributed by atoms with E-state index in [4.69, 9.17) is 5.73 Å². The predicted molar refractivity (Wildman–Crippen MR) is 91.2 cm³/mol. The summed E-state index contributed by atoms with van der Waals surface area (Å²) >= 11 is 0. The Hall–Kier alpha value is -2.82. The van der Waals surface area contributed by atoms with E-state index in [0.717, 1.165) is 22.3 Å². The molecule has 0 amide bonds. The fourth-order valence-electron chi connectivity index (χ4n) is 3.56. The van der Waals surface area contributed by atoms with Crippen molar-refractivity contribution in [3.05, 3.63) is 83.2 Å². The van der Waals surface area contributed by atoms with E-state index in [2.05, 4.69) is 4.98 Å². The molecule has 0 saturated heterocycles. The SMILES string of the molecule is Nc1c(C(c2ccccn2)C(F)(F)F)ccc2c1Cc1ccccc1-2. The van der Waals surface area contributed by atoms with Gasteiger partial charge in [-0.2, -0.15) is 13.2 Å². The van der Waals surface area contributed by atoms with E-state index < -0.39 is 12.1 Å². The first-order valence-electron chi connectivity index (χ1n) is 7.94. The lowest BCUT2D eigenvalue weighted by atomic mass is 9.89. The summed E-state index contributed by atoms with van der Waals surface area (Å²) in [6.07, 6.45) is -2.55. The zero-order valence-electron chi connectivity index (χ0n) is 13.2. The molecule has 0 saturated carbocycles. The Balaban J connectivity index is 1.87. The number of anilines is 1. The highest BCUT2D eigenvalue weighted by atomic mass is 19.4.